The lowest BCUT2D eigenvalue weighted by molar-refractivity contribution is -0.286. The Morgan fingerprint density at radius 1 is 1.07 bits per heavy atom. The number of hydrogen-bond donors (Lipinski definition) is 1. The summed E-state index contributed by atoms with van der Waals surface area (Å²) in [5, 5.41) is 10.1. The first-order chi connectivity index (χ1) is 7.25. The van der Waals surface area contributed by atoms with Crippen LogP contribution in [0, 0.1) is 0 Å². The lowest BCUT2D eigenvalue weighted by Crippen LogP contribution is -2.48. The number of aliphatic hydroxyl groups is 1. The van der Waals surface area contributed by atoms with Crippen LogP contribution in [0.2, 0.25) is 0 Å². The van der Waals surface area contributed by atoms with Crippen molar-refractivity contribution in [2.75, 3.05) is 13.2 Å². The minimum atomic E-state index is -0.732. The summed E-state index contributed by atoms with van der Waals surface area (Å²) >= 11 is 0. The molecule has 0 heterocycles. The van der Waals surface area contributed by atoms with Gasteiger partial charge in [-0.15, -0.1) is 0 Å². The van der Waals surface area contributed by atoms with Crippen LogP contribution < -0.4 is 0 Å². The van der Waals surface area contributed by atoms with Gasteiger partial charge in [-0.3, -0.25) is 0 Å². The molecule has 15 heavy (non-hydrogen) atoms. The van der Waals surface area contributed by atoms with Crippen molar-refractivity contribution in [2.24, 2.45) is 0 Å². The van der Waals surface area contributed by atoms with Crippen molar-refractivity contribution in [3.05, 3.63) is 0 Å². The highest BCUT2D eigenvalue weighted by atomic mass is 16.7. The van der Waals surface area contributed by atoms with E-state index in [1.54, 1.807) is 0 Å². The molecule has 0 aromatic heterocycles. The van der Waals surface area contributed by atoms with E-state index in [0.29, 0.717) is 13.2 Å². The SMILES string of the molecule is CCOC1(OCC)CCCCCCC1O. The highest BCUT2D eigenvalue weighted by Gasteiger charge is 2.39. The first-order valence-corrected chi connectivity index (χ1v) is 6.21. The smallest absolute Gasteiger partial charge is 0.194 e. The van der Waals surface area contributed by atoms with Gasteiger partial charge in [0.15, 0.2) is 5.79 Å². The lowest BCUT2D eigenvalue weighted by atomic mass is 9.93. The number of ether oxygens (including phenoxy) is 2. The molecular weight excluding hydrogens is 192 g/mol. The highest BCUT2D eigenvalue weighted by Crippen LogP contribution is 2.31. The Balaban J connectivity index is 2.67. The molecule has 1 atom stereocenters. The van der Waals surface area contributed by atoms with Crippen LogP contribution in [0.15, 0.2) is 0 Å². The molecule has 1 saturated carbocycles. The van der Waals surface area contributed by atoms with Gasteiger partial charge in [-0.2, -0.15) is 0 Å². The molecular formula is C12H24O3. The van der Waals surface area contributed by atoms with Crippen LogP contribution in [-0.2, 0) is 9.47 Å². The van der Waals surface area contributed by atoms with Crippen LogP contribution in [-0.4, -0.2) is 30.2 Å². The maximum atomic E-state index is 10.1. The van der Waals surface area contributed by atoms with Gasteiger partial charge >= 0.3 is 0 Å². The van der Waals surface area contributed by atoms with Crippen LogP contribution in [0.3, 0.4) is 0 Å². The van der Waals surface area contributed by atoms with E-state index in [-0.39, 0.29) is 0 Å². The van der Waals surface area contributed by atoms with Crippen LogP contribution in [0.25, 0.3) is 0 Å². The number of hydrogen-bond acceptors (Lipinski definition) is 3. The van der Waals surface area contributed by atoms with Crippen molar-refractivity contribution in [3.8, 4) is 0 Å². The van der Waals surface area contributed by atoms with Gasteiger partial charge in [0.1, 0.15) is 6.10 Å². The molecule has 1 N–H and O–H groups in total. The van der Waals surface area contributed by atoms with Gasteiger partial charge in [0.25, 0.3) is 0 Å². The molecule has 0 aliphatic heterocycles. The van der Waals surface area contributed by atoms with Crippen LogP contribution in [0.1, 0.15) is 52.4 Å². The second-order valence-corrected chi connectivity index (χ2v) is 4.15. The Labute approximate surface area is 92.8 Å². The summed E-state index contributed by atoms with van der Waals surface area (Å²) in [6.07, 6.45) is 5.72. The molecule has 0 bridgehead atoms. The summed E-state index contributed by atoms with van der Waals surface area (Å²) in [6, 6.07) is 0. The molecule has 1 unspecified atom stereocenters. The van der Waals surface area contributed by atoms with E-state index < -0.39 is 11.9 Å². The summed E-state index contributed by atoms with van der Waals surface area (Å²) in [5.41, 5.74) is 0. The van der Waals surface area contributed by atoms with Crippen LogP contribution in [0.4, 0.5) is 0 Å². The summed E-state index contributed by atoms with van der Waals surface area (Å²) < 4.78 is 11.4. The summed E-state index contributed by atoms with van der Waals surface area (Å²) in [7, 11) is 0. The van der Waals surface area contributed by atoms with E-state index in [2.05, 4.69) is 0 Å². The van der Waals surface area contributed by atoms with E-state index in [0.717, 1.165) is 25.7 Å². The van der Waals surface area contributed by atoms with Crippen molar-refractivity contribution in [3.63, 3.8) is 0 Å². The van der Waals surface area contributed by atoms with E-state index in [1.807, 2.05) is 13.8 Å². The fraction of sp³-hybridized carbons (Fsp3) is 1.00. The second kappa shape index (κ2) is 6.46. The molecule has 0 spiro atoms. The van der Waals surface area contributed by atoms with E-state index in [9.17, 15) is 5.11 Å². The molecule has 3 heteroatoms. The van der Waals surface area contributed by atoms with E-state index >= 15 is 0 Å². The maximum Gasteiger partial charge on any atom is 0.194 e. The normalized spacial score (nSPS) is 27.0. The highest BCUT2D eigenvalue weighted by molar-refractivity contribution is 4.81. The fourth-order valence-corrected chi connectivity index (χ4v) is 2.32. The van der Waals surface area contributed by atoms with Gasteiger partial charge in [0.2, 0.25) is 0 Å². The van der Waals surface area contributed by atoms with Crippen molar-refractivity contribution in [1.82, 2.24) is 0 Å². The number of rotatable bonds is 4. The predicted octanol–water partition coefficient (Wildman–Crippen LogP) is 2.47. The van der Waals surface area contributed by atoms with Gasteiger partial charge in [0, 0.05) is 19.6 Å². The monoisotopic (exact) mass is 216 g/mol. The van der Waals surface area contributed by atoms with Crippen LogP contribution >= 0.6 is 0 Å². The molecule has 0 aromatic rings. The molecule has 3 nitrogen and oxygen atoms in total. The maximum absolute atomic E-state index is 10.1. The molecule has 1 aliphatic carbocycles. The lowest BCUT2D eigenvalue weighted by Gasteiger charge is -2.38. The topological polar surface area (TPSA) is 38.7 Å². The molecule has 0 radical (unpaired) electrons. The minimum absolute atomic E-state index is 0.474. The Morgan fingerprint density at radius 2 is 1.67 bits per heavy atom. The average Bonchev–Trinajstić information content (AvgIpc) is 2.21. The third-order valence-electron chi connectivity index (χ3n) is 3.04. The standard InChI is InChI=1S/C12H24O3/c1-3-14-12(15-4-2)10-8-6-5-7-9-11(12)13/h11,13H,3-10H2,1-2H3. The fourth-order valence-electron chi connectivity index (χ4n) is 2.32. The zero-order chi connectivity index (χ0) is 11.1. The molecule has 0 saturated heterocycles. The Bertz CT molecular complexity index is 164. The molecule has 90 valence electrons. The summed E-state index contributed by atoms with van der Waals surface area (Å²) in [6.45, 7) is 5.09. The summed E-state index contributed by atoms with van der Waals surface area (Å²) in [5.74, 6) is -0.732. The van der Waals surface area contributed by atoms with Crippen molar-refractivity contribution in [2.45, 2.75) is 64.3 Å². The Morgan fingerprint density at radius 3 is 2.27 bits per heavy atom. The van der Waals surface area contributed by atoms with E-state index in [1.165, 1.54) is 12.8 Å². The third kappa shape index (κ3) is 3.44. The van der Waals surface area contributed by atoms with Crippen LogP contribution in [0.5, 0.6) is 0 Å². The first-order valence-electron chi connectivity index (χ1n) is 6.21. The first kappa shape index (κ1) is 12.9. The van der Waals surface area contributed by atoms with Gasteiger partial charge < -0.3 is 14.6 Å². The summed E-state index contributed by atoms with van der Waals surface area (Å²) in [4.78, 5) is 0. The zero-order valence-corrected chi connectivity index (χ0v) is 10.00. The average molecular weight is 216 g/mol. The van der Waals surface area contributed by atoms with Gasteiger partial charge in [-0.25, -0.2) is 0 Å². The Hall–Kier alpha value is -0.120. The van der Waals surface area contributed by atoms with Gasteiger partial charge in [0.05, 0.1) is 0 Å². The minimum Gasteiger partial charge on any atom is -0.388 e. The van der Waals surface area contributed by atoms with Gasteiger partial charge in [-0.05, 0) is 26.7 Å². The second-order valence-electron chi connectivity index (χ2n) is 4.15. The molecule has 0 aromatic carbocycles. The zero-order valence-electron chi connectivity index (χ0n) is 10.00. The van der Waals surface area contributed by atoms with Gasteiger partial charge in [-0.1, -0.05) is 19.3 Å². The quantitative estimate of drug-likeness (QED) is 0.734. The van der Waals surface area contributed by atoms with E-state index in [4.69, 9.17) is 9.47 Å². The van der Waals surface area contributed by atoms with Crippen molar-refractivity contribution < 1.29 is 14.6 Å². The predicted molar refractivity (Wildman–Crippen MR) is 59.7 cm³/mol. The van der Waals surface area contributed by atoms with Crippen molar-refractivity contribution >= 4 is 0 Å². The molecule has 1 aliphatic rings. The largest absolute Gasteiger partial charge is 0.388 e. The third-order valence-corrected chi connectivity index (χ3v) is 3.04. The molecule has 1 rings (SSSR count). The van der Waals surface area contributed by atoms with Crippen molar-refractivity contribution in [1.29, 1.82) is 0 Å². The molecule has 0 amide bonds. The molecule has 1 fully saturated rings. The number of aliphatic hydroxyl groups excluding tert-OH is 1. The Kier molecular flexibility index (Phi) is 5.58.